The number of ether oxygens (including phenoxy) is 1. The predicted octanol–water partition coefficient (Wildman–Crippen LogP) is 3.25. The van der Waals surface area contributed by atoms with Crippen LogP contribution in [0.3, 0.4) is 0 Å². The lowest BCUT2D eigenvalue weighted by molar-refractivity contribution is 0.204. The summed E-state index contributed by atoms with van der Waals surface area (Å²) >= 11 is 0. The molecule has 0 spiro atoms. The van der Waals surface area contributed by atoms with E-state index in [0.29, 0.717) is 5.92 Å². The zero-order chi connectivity index (χ0) is 13.2. The van der Waals surface area contributed by atoms with Gasteiger partial charge in [0.05, 0.1) is 6.61 Å². The molecular weight excluding hydrogens is 234 g/mol. The standard InChI is InChI=1S/C17H19NO/c1-12(18)16-9-15-8-7-14(10-17(15)19-11-16)13-5-3-2-4-6-13/h2-8,10,12,16H,9,11,18H2,1H3/t12-,16?/m1/s1. The van der Waals surface area contributed by atoms with E-state index in [1.165, 1.54) is 16.7 Å². The molecule has 0 aromatic heterocycles. The summed E-state index contributed by atoms with van der Waals surface area (Å²) < 4.78 is 5.88. The van der Waals surface area contributed by atoms with Crippen LogP contribution in [-0.4, -0.2) is 12.6 Å². The number of rotatable bonds is 2. The Morgan fingerprint density at radius 3 is 2.63 bits per heavy atom. The molecule has 2 aromatic carbocycles. The Bertz CT molecular complexity index is 563. The molecule has 1 unspecified atom stereocenters. The quantitative estimate of drug-likeness (QED) is 0.891. The van der Waals surface area contributed by atoms with Gasteiger partial charge in [-0.3, -0.25) is 0 Å². The Labute approximate surface area is 114 Å². The zero-order valence-corrected chi connectivity index (χ0v) is 11.2. The predicted molar refractivity (Wildman–Crippen MR) is 78.2 cm³/mol. The molecule has 19 heavy (non-hydrogen) atoms. The fraction of sp³-hybridized carbons (Fsp3) is 0.294. The zero-order valence-electron chi connectivity index (χ0n) is 11.2. The Balaban J connectivity index is 1.90. The van der Waals surface area contributed by atoms with Crippen molar-refractivity contribution in [3.63, 3.8) is 0 Å². The van der Waals surface area contributed by atoms with Crippen LogP contribution in [0.5, 0.6) is 5.75 Å². The fourth-order valence-corrected chi connectivity index (χ4v) is 2.54. The third-order valence-electron chi connectivity index (χ3n) is 3.85. The Hall–Kier alpha value is -1.80. The van der Waals surface area contributed by atoms with Crippen LogP contribution in [0.15, 0.2) is 48.5 Å². The van der Waals surface area contributed by atoms with Crippen LogP contribution in [-0.2, 0) is 6.42 Å². The van der Waals surface area contributed by atoms with E-state index >= 15 is 0 Å². The minimum absolute atomic E-state index is 0.182. The molecule has 0 saturated heterocycles. The van der Waals surface area contributed by atoms with E-state index in [9.17, 15) is 0 Å². The first-order chi connectivity index (χ1) is 9.24. The highest BCUT2D eigenvalue weighted by molar-refractivity contribution is 5.66. The second-order valence-electron chi connectivity index (χ2n) is 5.32. The minimum atomic E-state index is 0.182. The third-order valence-corrected chi connectivity index (χ3v) is 3.85. The Morgan fingerprint density at radius 2 is 1.89 bits per heavy atom. The van der Waals surface area contributed by atoms with Crippen molar-refractivity contribution in [2.75, 3.05) is 6.61 Å². The highest BCUT2D eigenvalue weighted by Crippen LogP contribution is 2.32. The summed E-state index contributed by atoms with van der Waals surface area (Å²) in [5.74, 6) is 1.44. The molecule has 2 aromatic rings. The molecule has 98 valence electrons. The van der Waals surface area contributed by atoms with Gasteiger partial charge in [-0.2, -0.15) is 0 Å². The van der Waals surface area contributed by atoms with Gasteiger partial charge in [-0.1, -0.05) is 42.5 Å². The average Bonchev–Trinajstić information content (AvgIpc) is 2.47. The largest absolute Gasteiger partial charge is 0.493 e. The molecular formula is C17H19NO. The van der Waals surface area contributed by atoms with Gasteiger partial charge in [0.25, 0.3) is 0 Å². The summed E-state index contributed by atoms with van der Waals surface area (Å²) in [7, 11) is 0. The number of hydrogen-bond acceptors (Lipinski definition) is 2. The first-order valence-corrected chi connectivity index (χ1v) is 6.81. The van der Waals surface area contributed by atoms with Crippen molar-refractivity contribution in [3.8, 4) is 16.9 Å². The monoisotopic (exact) mass is 253 g/mol. The molecule has 3 rings (SSSR count). The van der Waals surface area contributed by atoms with E-state index in [0.717, 1.165) is 18.8 Å². The van der Waals surface area contributed by atoms with Crippen molar-refractivity contribution in [1.29, 1.82) is 0 Å². The lowest BCUT2D eigenvalue weighted by Gasteiger charge is -2.28. The van der Waals surface area contributed by atoms with Gasteiger partial charge < -0.3 is 10.5 Å². The molecule has 0 saturated carbocycles. The molecule has 0 aliphatic carbocycles. The van der Waals surface area contributed by atoms with Crippen LogP contribution in [0.4, 0.5) is 0 Å². The Morgan fingerprint density at radius 1 is 1.11 bits per heavy atom. The van der Waals surface area contributed by atoms with E-state index in [2.05, 4.69) is 49.4 Å². The molecule has 2 atom stereocenters. The molecule has 1 aliphatic heterocycles. The van der Waals surface area contributed by atoms with Crippen LogP contribution in [0.1, 0.15) is 12.5 Å². The van der Waals surface area contributed by atoms with Crippen molar-refractivity contribution in [2.45, 2.75) is 19.4 Å². The lowest BCUT2D eigenvalue weighted by atomic mass is 9.90. The van der Waals surface area contributed by atoms with E-state index in [1.54, 1.807) is 0 Å². The van der Waals surface area contributed by atoms with Crippen LogP contribution < -0.4 is 10.5 Å². The molecule has 1 aliphatic rings. The first kappa shape index (κ1) is 12.2. The Kier molecular flexibility index (Phi) is 3.26. The van der Waals surface area contributed by atoms with Gasteiger partial charge in [0.15, 0.2) is 0 Å². The van der Waals surface area contributed by atoms with Crippen LogP contribution in [0.25, 0.3) is 11.1 Å². The summed E-state index contributed by atoms with van der Waals surface area (Å²) in [5, 5.41) is 0. The maximum Gasteiger partial charge on any atom is 0.123 e. The summed E-state index contributed by atoms with van der Waals surface area (Å²) in [5.41, 5.74) is 9.67. The summed E-state index contributed by atoms with van der Waals surface area (Å²) in [6, 6.07) is 17.1. The number of nitrogens with two attached hydrogens (primary N) is 1. The van der Waals surface area contributed by atoms with Crippen LogP contribution in [0.2, 0.25) is 0 Å². The second-order valence-corrected chi connectivity index (χ2v) is 5.32. The van der Waals surface area contributed by atoms with Crippen molar-refractivity contribution in [3.05, 3.63) is 54.1 Å². The summed E-state index contributed by atoms with van der Waals surface area (Å²) in [6.45, 7) is 2.78. The average molecular weight is 253 g/mol. The van der Waals surface area contributed by atoms with Crippen molar-refractivity contribution in [1.82, 2.24) is 0 Å². The van der Waals surface area contributed by atoms with Gasteiger partial charge in [0, 0.05) is 12.0 Å². The highest BCUT2D eigenvalue weighted by Gasteiger charge is 2.22. The number of hydrogen-bond donors (Lipinski definition) is 1. The SMILES string of the molecule is C[C@@H](N)C1COc2cc(-c3ccccc3)ccc2C1. The molecule has 0 fully saturated rings. The molecule has 2 N–H and O–H groups in total. The minimum Gasteiger partial charge on any atom is -0.493 e. The molecule has 2 nitrogen and oxygen atoms in total. The van der Waals surface area contributed by atoms with Gasteiger partial charge >= 0.3 is 0 Å². The smallest absolute Gasteiger partial charge is 0.123 e. The second kappa shape index (κ2) is 5.06. The maximum atomic E-state index is 5.97. The summed E-state index contributed by atoms with van der Waals surface area (Å²) in [4.78, 5) is 0. The molecule has 2 heteroatoms. The van der Waals surface area contributed by atoms with Crippen LogP contribution >= 0.6 is 0 Å². The number of benzene rings is 2. The number of fused-ring (bicyclic) bond motifs is 1. The lowest BCUT2D eigenvalue weighted by Crippen LogP contribution is -2.35. The third kappa shape index (κ3) is 2.49. The molecule has 0 amide bonds. The van der Waals surface area contributed by atoms with Gasteiger partial charge in [0.1, 0.15) is 5.75 Å². The van der Waals surface area contributed by atoms with E-state index < -0.39 is 0 Å². The highest BCUT2D eigenvalue weighted by atomic mass is 16.5. The van der Waals surface area contributed by atoms with Crippen molar-refractivity contribution < 1.29 is 4.74 Å². The van der Waals surface area contributed by atoms with Gasteiger partial charge in [-0.25, -0.2) is 0 Å². The van der Waals surface area contributed by atoms with E-state index in [-0.39, 0.29) is 6.04 Å². The fourth-order valence-electron chi connectivity index (χ4n) is 2.54. The van der Waals surface area contributed by atoms with E-state index in [4.69, 9.17) is 10.5 Å². The normalized spacial score (nSPS) is 19.4. The van der Waals surface area contributed by atoms with Gasteiger partial charge in [-0.05, 0) is 36.1 Å². The topological polar surface area (TPSA) is 35.2 Å². The summed E-state index contributed by atoms with van der Waals surface area (Å²) in [6.07, 6.45) is 1.02. The van der Waals surface area contributed by atoms with E-state index in [1.807, 2.05) is 6.07 Å². The van der Waals surface area contributed by atoms with Crippen molar-refractivity contribution in [2.24, 2.45) is 11.7 Å². The van der Waals surface area contributed by atoms with Crippen LogP contribution in [0, 0.1) is 5.92 Å². The van der Waals surface area contributed by atoms with Gasteiger partial charge in [-0.15, -0.1) is 0 Å². The first-order valence-electron chi connectivity index (χ1n) is 6.81. The molecule has 0 bridgehead atoms. The maximum absolute atomic E-state index is 5.97. The molecule has 1 heterocycles. The van der Waals surface area contributed by atoms with Gasteiger partial charge in [0.2, 0.25) is 0 Å². The molecule has 0 radical (unpaired) electrons. The van der Waals surface area contributed by atoms with Crippen molar-refractivity contribution >= 4 is 0 Å².